The molecule has 0 bridgehead atoms. The van der Waals surface area contributed by atoms with Crippen molar-refractivity contribution in [3.8, 4) is 0 Å². The largest absolute Gasteiger partial charge is 0.375 e. The third-order valence-electron chi connectivity index (χ3n) is 6.09. The Labute approximate surface area is 161 Å². The SMILES string of the molecule is CC1CN(C(=O)NC2CCN(c3ccccn3)CC2)CC2(CCOC2C)O1. The van der Waals surface area contributed by atoms with Gasteiger partial charge in [-0.2, -0.15) is 0 Å². The van der Waals surface area contributed by atoms with E-state index in [1.54, 1.807) is 0 Å². The standard InChI is InChI=1S/C20H30N4O3/c1-15-13-24(14-20(27-15)8-12-26-16(20)2)19(25)22-17-6-10-23(11-7-17)18-5-3-4-9-21-18/h3-5,9,15-17H,6-8,10-14H2,1-2H3,(H,22,25). The number of aromatic nitrogens is 1. The van der Waals surface area contributed by atoms with E-state index in [-0.39, 0.29) is 29.9 Å². The molecule has 3 fully saturated rings. The molecule has 2 amide bonds. The highest BCUT2D eigenvalue weighted by Crippen LogP contribution is 2.35. The van der Waals surface area contributed by atoms with Crippen LogP contribution in [0.3, 0.4) is 0 Å². The minimum absolute atomic E-state index is 0.0251. The lowest BCUT2D eigenvalue weighted by atomic mass is 9.93. The van der Waals surface area contributed by atoms with Gasteiger partial charge in [0.05, 0.1) is 18.8 Å². The Morgan fingerprint density at radius 3 is 2.78 bits per heavy atom. The highest BCUT2D eigenvalue weighted by atomic mass is 16.6. The summed E-state index contributed by atoms with van der Waals surface area (Å²) in [6, 6.07) is 6.23. The Bertz CT molecular complexity index is 650. The maximum absolute atomic E-state index is 12.9. The maximum atomic E-state index is 12.9. The zero-order valence-corrected chi connectivity index (χ0v) is 16.3. The van der Waals surface area contributed by atoms with Crippen LogP contribution in [0.1, 0.15) is 33.1 Å². The lowest BCUT2D eigenvalue weighted by Crippen LogP contribution is -2.62. The van der Waals surface area contributed by atoms with E-state index < -0.39 is 0 Å². The van der Waals surface area contributed by atoms with Gasteiger partial charge >= 0.3 is 6.03 Å². The molecule has 4 rings (SSSR count). The van der Waals surface area contributed by atoms with Crippen molar-refractivity contribution < 1.29 is 14.3 Å². The Morgan fingerprint density at radius 1 is 1.30 bits per heavy atom. The van der Waals surface area contributed by atoms with Crippen LogP contribution in [0.5, 0.6) is 0 Å². The zero-order valence-electron chi connectivity index (χ0n) is 16.3. The average Bonchev–Trinajstić information content (AvgIpc) is 3.01. The van der Waals surface area contributed by atoms with Gasteiger partial charge in [-0.3, -0.25) is 0 Å². The predicted octanol–water partition coefficient (Wildman–Crippen LogP) is 2.03. The second-order valence-electron chi connectivity index (χ2n) is 8.04. The van der Waals surface area contributed by atoms with E-state index in [0.717, 1.165) is 38.2 Å². The second kappa shape index (κ2) is 7.64. The molecule has 0 saturated carbocycles. The molecule has 3 aliphatic rings. The highest BCUT2D eigenvalue weighted by molar-refractivity contribution is 5.75. The predicted molar refractivity (Wildman–Crippen MR) is 103 cm³/mol. The van der Waals surface area contributed by atoms with E-state index >= 15 is 0 Å². The first-order valence-corrected chi connectivity index (χ1v) is 10.1. The monoisotopic (exact) mass is 374 g/mol. The van der Waals surface area contributed by atoms with Crippen LogP contribution in [0.15, 0.2) is 24.4 Å². The number of hydrogen-bond acceptors (Lipinski definition) is 5. The molecule has 0 aromatic carbocycles. The fourth-order valence-corrected chi connectivity index (χ4v) is 4.51. The van der Waals surface area contributed by atoms with Crippen LogP contribution in [0.25, 0.3) is 0 Å². The molecule has 1 aromatic rings. The first-order chi connectivity index (χ1) is 13.1. The molecular formula is C20H30N4O3. The Hall–Kier alpha value is -1.86. The number of anilines is 1. The summed E-state index contributed by atoms with van der Waals surface area (Å²) in [6.45, 7) is 7.86. The Morgan fingerprint density at radius 2 is 2.11 bits per heavy atom. The molecule has 4 heterocycles. The minimum atomic E-state index is -0.350. The molecule has 1 N–H and O–H groups in total. The van der Waals surface area contributed by atoms with Gasteiger partial charge in [0.1, 0.15) is 11.4 Å². The number of rotatable bonds is 2. The Kier molecular flexibility index (Phi) is 5.23. The lowest BCUT2D eigenvalue weighted by Gasteiger charge is -2.45. The maximum Gasteiger partial charge on any atom is 0.317 e. The summed E-state index contributed by atoms with van der Waals surface area (Å²) in [5.41, 5.74) is -0.350. The van der Waals surface area contributed by atoms with Gasteiger partial charge < -0.3 is 24.6 Å². The van der Waals surface area contributed by atoms with Crippen LogP contribution in [0, 0.1) is 0 Å². The molecular weight excluding hydrogens is 344 g/mol. The van der Waals surface area contributed by atoms with Crippen molar-refractivity contribution in [3.63, 3.8) is 0 Å². The summed E-state index contributed by atoms with van der Waals surface area (Å²) in [5.74, 6) is 1.02. The number of nitrogens with zero attached hydrogens (tertiary/aromatic N) is 3. The van der Waals surface area contributed by atoms with E-state index in [0.29, 0.717) is 19.7 Å². The van der Waals surface area contributed by atoms with Crippen molar-refractivity contribution >= 4 is 11.8 Å². The third kappa shape index (κ3) is 3.89. The molecule has 3 unspecified atom stereocenters. The zero-order chi connectivity index (χ0) is 18.9. The molecule has 3 atom stereocenters. The van der Waals surface area contributed by atoms with E-state index in [1.807, 2.05) is 36.2 Å². The van der Waals surface area contributed by atoms with Gasteiger partial charge in [0.25, 0.3) is 0 Å². The number of nitrogens with one attached hydrogen (secondary N) is 1. The number of hydrogen-bond donors (Lipinski definition) is 1. The minimum Gasteiger partial charge on any atom is -0.375 e. The van der Waals surface area contributed by atoms with Crippen LogP contribution in [0.4, 0.5) is 10.6 Å². The van der Waals surface area contributed by atoms with Crippen molar-refractivity contribution in [2.24, 2.45) is 0 Å². The molecule has 3 aliphatic heterocycles. The fourth-order valence-electron chi connectivity index (χ4n) is 4.51. The van der Waals surface area contributed by atoms with E-state index in [9.17, 15) is 4.79 Å². The molecule has 148 valence electrons. The number of urea groups is 1. The number of amides is 2. The lowest BCUT2D eigenvalue weighted by molar-refractivity contribution is -0.159. The van der Waals surface area contributed by atoms with E-state index in [2.05, 4.69) is 22.1 Å². The van der Waals surface area contributed by atoms with E-state index in [1.165, 1.54) is 0 Å². The number of pyridine rings is 1. The highest BCUT2D eigenvalue weighted by Gasteiger charge is 2.49. The van der Waals surface area contributed by atoms with Gasteiger partial charge in [0, 0.05) is 44.9 Å². The number of piperidine rings is 1. The van der Waals surface area contributed by atoms with Gasteiger partial charge in [0.15, 0.2) is 0 Å². The topological polar surface area (TPSA) is 66.9 Å². The van der Waals surface area contributed by atoms with Crippen molar-refractivity contribution in [1.82, 2.24) is 15.2 Å². The first-order valence-electron chi connectivity index (χ1n) is 10.1. The van der Waals surface area contributed by atoms with Crippen LogP contribution >= 0.6 is 0 Å². The van der Waals surface area contributed by atoms with Crippen molar-refractivity contribution in [3.05, 3.63) is 24.4 Å². The van der Waals surface area contributed by atoms with Crippen molar-refractivity contribution in [1.29, 1.82) is 0 Å². The van der Waals surface area contributed by atoms with Gasteiger partial charge in [-0.1, -0.05) is 6.07 Å². The summed E-state index contributed by atoms with van der Waals surface area (Å²) in [6.07, 6.45) is 4.61. The van der Waals surface area contributed by atoms with Crippen LogP contribution < -0.4 is 10.2 Å². The van der Waals surface area contributed by atoms with Gasteiger partial charge in [-0.25, -0.2) is 9.78 Å². The summed E-state index contributed by atoms with van der Waals surface area (Å²) in [7, 11) is 0. The molecule has 7 nitrogen and oxygen atoms in total. The number of carbonyl (C=O) groups excluding carboxylic acids is 1. The molecule has 3 saturated heterocycles. The second-order valence-corrected chi connectivity index (χ2v) is 8.04. The summed E-state index contributed by atoms with van der Waals surface area (Å²) >= 11 is 0. The van der Waals surface area contributed by atoms with Crippen LogP contribution in [0.2, 0.25) is 0 Å². The third-order valence-corrected chi connectivity index (χ3v) is 6.09. The first kappa shape index (κ1) is 18.5. The molecule has 27 heavy (non-hydrogen) atoms. The van der Waals surface area contributed by atoms with Crippen molar-refractivity contribution in [2.45, 2.75) is 57.0 Å². The fraction of sp³-hybridized carbons (Fsp3) is 0.700. The summed E-state index contributed by atoms with van der Waals surface area (Å²) in [5, 5.41) is 3.25. The molecule has 1 aromatic heterocycles. The van der Waals surface area contributed by atoms with Crippen LogP contribution in [-0.4, -0.2) is 72.6 Å². The molecule has 0 aliphatic carbocycles. The number of ether oxygens (including phenoxy) is 2. The van der Waals surface area contributed by atoms with E-state index in [4.69, 9.17) is 9.47 Å². The van der Waals surface area contributed by atoms with Crippen molar-refractivity contribution in [2.75, 3.05) is 37.7 Å². The normalized spacial score (nSPS) is 32.1. The molecule has 0 radical (unpaired) electrons. The Balaban J connectivity index is 1.32. The van der Waals surface area contributed by atoms with Crippen LogP contribution in [-0.2, 0) is 9.47 Å². The quantitative estimate of drug-likeness (QED) is 0.858. The smallest absolute Gasteiger partial charge is 0.317 e. The van der Waals surface area contributed by atoms with Gasteiger partial charge in [-0.15, -0.1) is 0 Å². The number of morpholine rings is 1. The summed E-state index contributed by atoms with van der Waals surface area (Å²) < 4.78 is 12.0. The summed E-state index contributed by atoms with van der Waals surface area (Å²) in [4.78, 5) is 21.5. The number of carbonyl (C=O) groups is 1. The average molecular weight is 374 g/mol. The molecule has 7 heteroatoms. The van der Waals surface area contributed by atoms with Gasteiger partial charge in [0.2, 0.25) is 0 Å². The van der Waals surface area contributed by atoms with Gasteiger partial charge in [-0.05, 0) is 38.8 Å². The molecule has 1 spiro atoms.